The highest BCUT2D eigenvalue weighted by molar-refractivity contribution is 8.26. The van der Waals surface area contributed by atoms with Crippen molar-refractivity contribution in [1.82, 2.24) is 5.32 Å². The van der Waals surface area contributed by atoms with Crippen molar-refractivity contribution in [2.75, 3.05) is 0 Å². The number of aryl methyl sites for hydroxylation is 1. The molecular weight excluding hydrogens is 399 g/mol. The third-order valence-corrected chi connectivity index (χ3v) is 5.98. The zero-order chi connectivity index (χ0) is 18.9. The maximum atomic E-state index is 13.5. The van der Waals surface area contributed by atoms with Crippen LogP contribution < -0.4 is 5.32 Å². The van der Waals surface area contributed by atoms with Crippen LogP contribution in [0.1, 0.15) is 16.7 Å². The van der Waals surface area contributed by atoms with Gasteiger partial charge in [0.15, 0.2) is 0 Å². The first-order chi connectivity index (χ1) is 12.2. The molecule has 2 nitrogen and oxygen atoms in total. The number of thioether (sulfide) groups is 1. The number of nitrogens with one attached hydrogen (secondary N) is 1. The van der Waals surface area contributed by atoms with Crippen LogP contribution in [0.2, 0.25) is 0 Å². The van der Waals surface area contributed by atoms with Crippen molar-refractivity contribution in [2.45, 2.75) is 22.9 Å². The second-order valence-electron chi connectivity index (χ2n) is 5.47. The van der Waals surface area contributed by atoms with E-state index in [1.54, 1.807) is 18.2 Å². The summed E-state index contributed by atoms with van der Waals surface area (Å²) in [7, 11) is 0. The maximum absolute atomic E-state index is 13.5. The van der Waals surface area contributed by atoms with E-state index in [9.17, 15) is 18.0 Å². The van der Waals surface area contributed by atoms with Gasteiger partial charge in [0.2, 0.25) is 0 Å². The molecule has 1 aliphatic rings. The molecule has 1 heterocycles. The Morgan fingerprint density at radius 3 is 2.50 bits per heavy atom. The van der Waals surface area contributed by atoms with Gasteiger partial charge in [-0.05, 0) is 42.3 Å². The van der Waals surface area contributed by atoms with Crippen LogP contribution in [-0.2, 0) is 11.0 Å². The van der Waals surface area contributed by atoms with Crippen molar-refractivity contribution in [2.24, 2.45) is 0 Å². The topological polar surface area (TPSA) is 29.1 Å². The van der Waals surface area contributed by atoms with Crippen LogP contribution in [0.4, 0.5) is 13.2 Å². The van der Waals surface area contributed by atoms with Crippen molar-refractivity contribution in [3.8, 4) is 0 Å². The van der Waals surface area contributed by atoms with Crippen molar-refractivity contribution in [3.05, 3.63) is 64.1 Å². The van der Waals surface area contributed by atoms with Crippen LogP contribution in [0.5, 0.6) is 0 Å². The van der Waals surface area contributed by atoms with Crippen LogP contribution in [0.15, 0.2) is 57.2 Å². The van der Waals surface area contributed by atoms with Crippen molar-refractivity contribution in [1.29, 1.82) is 0 Å². The van der Waals surface area contributed by atoms with Crippen LogP contribution in [0, 0.1) is 6.92 Å². The molecule has 0 aromatic heterocycles. The van der Waals surface area contributed by atoms with Gasteiger partial charge in [-0.1, -0.05) is 60.0 Å². The first kappa shape index (κ1) is 19.0. The summed E-state index contributed by atoms with van der Waals surface area (Å²) >= 11 is 7.00. The van der Waals surface area contributed by atoms with E-state index in [2.05, 4.69) is 5.32 Å². The average Bonchev–Trinajstić information content (AvgIpc) is 2.87. The van der Waals surface area contributed by atoms with Gasteiger partial charge in [0.25, 0.3) is 5.91 Å². The lowest BCUT2D eigenvalue weighted by molar-refractivity contribution is -0.139. The molecule has 0 aliphatic carbocycles. The van der Waals surface area contributed by atoms with E-state index in [-0.39, 0.29) is 9.80 Å². The fourth-order valence-electron chi connectivity index (χ4n) is 2.31. The Hall–Kier alpha value is -1.77. The summed E-state index contributed by atoms with van der Waals surface area (Å²) in [6, 6.07) is 11.3. The maximum Gasteiger partial charge on any atom is 0.417 e. The summed E-state index contributed by atoms with van der Waals surface area (Å²) in [4.78, 5) is 12.9. The van der Waals surface area contributed by atoms with E-state index in [1.165, 1.54) is 12.1 Å². The molecule has 3 rings (SSSR count). The first-order valence-electron chi connectivity index (χ1n) is 7.43. The molecule has 1 aliphatic heterocycles. The van der Waals surface area contributed by atoms with E-state index >= 15 is 0 Å². The van der Waals surface area contributed by atoms with Crippen molar-refractivity contribution < 1.29 is 18.0 Å². The SMILES string of the molecule is Cc1ccccc1Sc1ccc(/C=C2\SC(=S)NC2=O)cc1C(F)(F)F. The van der Waals surface area contributed by atoms with Gasteiger partial charge >= 0.3 is 6.18 Å². The molecule has 1 fully saturated rings. The number of halogens is 3. The molecule has 0 spiro atoms. The van der Waals surface area contributed by atoms with Crippen LogP contribution in [-0.4, -0.2) is 10.2 Å². The number of alkyl halides is 3. The molecule has 8 heteroatoms. The van der Waals surface area contributed by atoms with Gasteiger partial charge in [0, 0.05) is 9.79 Å². The van der Waals surface area contributed by atoms with E-state index < -0.39 is 17.6 Å². The Balaban J connectivity index is 1.99. The molecule has 0 radical (unpaired) electrons. The molecule has 1 N–H and O–H groups in total. The summed E-state index contributed by atoms with van der Waals surface area (Å²) in [5, 5.41) is 2.44. The van der Waals surface area contributed by atoms with Gasteiger partial charge in [-0.2, -0.15) is 13.2 Å². The number of amides is 1. The second kappa shape index (κ2) is 7.46. The lowest BCUT2D eigenvalue weighted by Crippen LogP contribution is -2.17. The largest absolute Gasteiger partial charge is 0.417 e. The Bertz CT molecular complexity index is 922. The Kier molecular flexibility index (Phi) is 5.45. The molecule has 0 atom stereocenters. The highest BCUT2D eigenvalue weighted by Crippen LogP contribution is 2.41. The van der Waals surface area contributed by atoms with Gasteiger partial charge in [-0.15, -0.1) is 0 Å². The average molecular weight is 411 g/mol. The predicted molar refractivity (Wildman–Crippen MR) is 103 cm³/mol. The fraction of sp³-hybridized carbons (Fsp3) is 0.111. The van der Waals surface area contributed by atoms with Crippen LogP contribution in [0.3, 0.4) is 0 Å². The minimum atomic E-state index is -4.50. The van der Waals surface area contributed by atoms with Gasteiger partial charge in [-0.3, -0.25) is 4.79 Å². The number of carbonyl (C=O) groups excluding carboxylic acids is 1. The zero-order valence-electron chi connectivity index (χ0n) is 13.4. The van der Waals surface area contributed by atoms with Crippen molar-refractivity contribution in [3.63, 3.8) is 0 Å². The Labute approximate surface area is 162 Å². The standard InChI is InChI=1S/C18H12F3NOS3/c1-10-4-2-3-5-13(10)25-14-7-6-11(8-12(14)18(19,20)21)9-15-16(23)22-17(24)26-15/h2-9H,1H3,(H,22,23,24)/b15-9-. The van der Waals surface area contributed by atoms with Gasteiger partial charge in [0.1, 0.15) is 4.32 Å². The lowest BCUT2D eigenvalue weighted by atomic mass is 10.1. The van der Waals surface area contributed by atoms with E-state index in [0.717, 1.165) is 40.0 Å². The molecule has 1 saturated heterocycles. The number of rotatable bonds is 3. The van der Waals surface area contributed by atoms with E-state index in [4.69, 9.17) is 12.2 Å². The molecular formula is C18H12F3NOS3. The molecule has 0 saturated carbocycles. The normalized spacial score (nSPS) is 16.2. The minimum absolute atomic E-state index is 0.119. The smallest absolute Gasteiger partial charge is 0.307 e. The van der Waals surface area contributed by atoms with Gasteiger partial charge in [0.05, 0.1) is 10.5 Å². The Morgan fingerprint density at radius 1 is 1.15 bits per heavy atom. The molecule has 0 bridgehead atoms. The van der Waals surface area contributed by atoms with Gasteiger partial charge < -0.3 is 5.32 Å². The molecule has 2 aromatic rings. The molecule has 26 heavy (non-hydrogen) atoms. The zero-order valence-corrected chi connectivity index (χ0v) is 15.8. The summed E-state index contributed by atoms with van der Waals surface area (Å²) < 4.78 is 40.9. The highest BCUT2D eigenvalue weighted by atomic mass is 32.2. The predicted octanol–water partition coefficient (Wildman–Crippen LogP) is 5.65. The summed E-state index contributed by atoms with van der Waals surface area (Å²) in [5.74, 6) is -0.396. The van der Waals surface area contributed by atoms with E-state index in [0.29, 0.717) is 9.88 Å². The number of thiocarbonyl (C=S) groups is 1. The van der Waals surface area contributed by atoms with Crippen molar-refractivity contribution >= 4 is 52.0 Å². The quantitative estimate of drug-likeness (QED) is 0.522. The monoisotopic (exact) mass is 411 g/mol. The fourth-order valence-corrected chi connectivity index (χ4v) is 4.39. The minimum Gasteiger partial charge on any atom is -0.307 e. The highest BCUT2D eigenvalue weighted by Gasteiger charge is 2.34. The van der Waals surface area contributed by atoms with Crippen LogP contribution >= 0.6 is 35.7 Å². The van der Waals surface area contributed by atoms with Crippen LogP contribution in [0.25, 0.3) is 6.08 Å². The second-order valence-corrected chi connectivity index (χ2v) is 8.28. The number of carbonyl (C=O) groups is 1. The summed E-state index contributed by atoms with van der Waals surface area (Å²) in [6.45, 7) is 1.85. The number of benzene rings is 2. The van der Waals surface area contributed by atoms with E-state index in [1.807, 2.05) is 19.1 Å². The molecule has 134 valence electrons. The Morgan fingerprint density at radius 2 is 1.88 bits per heavy atom. The number of hydrogen-bond donors (Lipinski definition) is 1. The third-order valence-electron chi connectivity index (χ3n) is 3.56. The van der Waals surface area contributed by atoms with Gasteiger partial charge in [-0.25, -0.2) is 0 Å². The third kappa shape index (κ3) is 4.31. The first-order valence-corrected chi connectivity index (χ1v) is 9.48. The summed E-state index contributed by atoms with van der Waals surface area (Å²) in [5.41, 5.74) is 0.476. The molecule has 2 aromatic carbocycles. The molecule has 1 amide bonds. The summed E-state index contributed by atoms with van der Waals surface area (Å²) in [6.07, 6.45) is -3.09. The lowest BCUT2D eigenvalue weighted by Gasteiger charge is -2.14. The molecule has 0 unspecified atom stereocenters. The number of hydrogen-bond acceptors (Lipinski definition) is 4.